The molecule has 1 heterocycles. The van der Waals surface area contributed by atoms with Crippen LogP contribution in [0.5, 0.6) is 5.75 Å². The summed E-state index contributed by atoms with van der Waals surface area (Å²) in [6, 6.07) is 10.8. The number of rotatable bonds is 8. The summed E-state index contributed by atoms with van der Waals surface area (Å²) in [7, 11) is -4.27. The van der Waals surface area contributed by atoms with E-state index >= 15 is 0 Å². The lowest BCUT2D eigenvalue weighted by Crippen LogP contribution is -2.56. The van der Waals surface area contributed by atoms with Crippen molar-refractivity contribution in [3.05, 3.63) is 58.1 Å². The highest BCUT2D eigenvalue weighted by molar-refractivity contribution is 7.92. The van der Waals surface area contributed by atoms with Gasteiger partial charge in [-0.3, -0.25) is 9.59 Å². The number of carbonyl (C=O) groups excluding carboxylic acids is 2. The quantitative estimate of drug-likeness (QED) is 0.434. The van der Waals surface area contributed by atoms with Gasteiger partial charge >= 0.3 is 6.18 Å². The maximum atomic E-state index is 14.2. The van der Waals surface area contributed by atoms with Crippen LogP contribution < -0.4 is 10.1 Å². The molecule has 1 saturated heterocycles. The summed E-state index contributed by atoms with van der Waals surface area (Å²) in [6.45, 7) is -1.89. The van der Waals surface area contributed by atoms with Gasteiger partial charge in [0.25, 0.3) is 0 Å². The van der Waals surface area contributed by atoms with Gasteiger partial charge < -0.3 is 15.0 Å². The molecule has 2 aromatic carbocycles. The monoisotopic (exact) mass is 643 g/mol. The first-order valence-electron chi connectivity index (χ1n) is 13.2. The van der Waals surface area contributed by atoms with Crippen molar-refractivity contribution >= 4 is 44.9 Å². The van der Waals surface area contributed by atoms with Gasteiger partial charge in [-0.25, -0.2) is 8.42 Å². The van der Waals surface area contributed by atoms with Crippen molar-refractivity contribution in [2.24, 2.45) is 0 Å². The molecule has 0 unspecified atom stereocenters. The Morgan fingerprint density at radius 2 is 1.76 bits per heavy atom. The average Bonchev–Trinajstić information content (AvgIpc) is 3.52. The fourth-order valence-electron chi connectivity index (χ4n) is 5.55. The molecule has 2 aromatic rings. The molecule has 42 heavy (non-hydrogen) atoms. The van der Waals surface area contributed by atoms with Crippen LogP contribution >= 0.6 is 23.2 Å². The third kappa shape index (κ3) is 5.79. The Morgan fingerprint density at radius 3 is 2.29 bits per heavy atom. The predicted octanol–water partition coefficient (Wildman–Crippen LogP) is 4.97. The number of nitriles is 1. The van der Waals surface area contributed by atoms with E-state index in [9.17, 15) is 36.4 Å². The van der Waals surface area contributed by atoms with Crippen molar-refractivity contribution < 1.29 is 35.9 Å². The third-order valence-electron chi connectivity index (χ3n) is 8.22. The second-order valence-electron chi connectivity index (χ2n) is 11.0. The van der Waals surface area contributed by atoms with Crippen LogP contribution in [0.15, 0.2) is 47.4 Å². The van der Waals surface area contributed by atoms with Crippen molar-refractivity contribution in [3.8, 4) is 11.8 Å². The minimum Gasteiger partial charge on any atom is -0.484 e. The molecule has 8 nitrogen and oxygen atoms in total. The van der Waals surface area contributed by atoms with Crippen LogP contribution in [-0.2, 0) is 24.8 Å². The van der Waals surface area contributed by atoms with Gasteiger partial charge in [0.2, 0.25) is 11.8 Å². The number of benzene rings is 2. The number of hydrogen-bond acceptors (Lipinski definition) is 6. The third-order valence-corrected chi connectivity index (χ3v) is 11.1. The molecule has 1 aliphatic heterocycles. The molecule has 3 aliphatic rings. The van der Waals surface area contributed by atoms with Crippen molar-refractivity contribution in [2.45, 2.75) is 71.8 Å². The first kappa shape index (κ1) is 30.4. The van der Waals surface area contributed by atoms with E-state index in [2.05, 4.69) is 16.1 Å². The zero-order chi connectivity index (χ0) is 30.5. The molecule has 0 bridgehead atoms. The van der Waals surface area contributed by atoms with Crippen molar-refractivity contribution in [3.63, 3.8) is 0 Å². The van der Waals surface area contributed by atoms with Gasteiger partial charge in [-0.2, -0.15) is 18.4 Å². The van der Waals surface area contributed by atoms with Gasteiger partial charge in [0, 0.05) is 17.6 Å². The number of hydrogen-bond donors (Lipinski definition) is 1. The molecule has 2 aliphatic carbocycles. The summed E-state index contributed by atoms with van der Waals surface area (Å²) < 4.78 is 69.8. The zero-order valence-electron chi connectivity index (χ0n) is 22.1. The second kappa shape index (κ2) is 10.9. The van der Waals surface area contributed by atoms with Gasteiger partial charge in [-0.05, 0) is 61.9 Å². The van der Waals surface area contributed by atoms with Crippen LogP contribution in [0.3, 0.4) is 0 Å². The number of nitrogens with one attached hydrogen (secondary N) is 1. The number of halogens is 5. The molecule has 2 atom stereocenters. The topological polar surface area (TPSA) is 117 Å². The highest BCUT2D eigenvalue weighted by Crippen LogP contribution is 2.47. The summed E-state index contributed by atoms with van der Waals surface area (Å²) in [6.07, 6.45) is -2.18. The fourth-order valence-corrected chi connectivity index (χ4v) is 7.91. The fraction of sp³-hybridized carbons (Fsp3) is 0.464. The Kier molecular flexibility index (Phi) is 7.92. The standard InChI is InChI=1S/C28H26Cl2F3N3O5S/c29-18-4-2-17(3-5-18)27(8-1-9-27)25(38)36-14-20(13-22(36)24(37)35-26(15-34)10-11-26)42(39,40)23-7-6-19(12-21(23)30)41-16-28(31,32)33/h2-7,12,20,22H,1,8-11,13-14,16H2,(H,35,37)/t20-,22+/m1/s1. The van der Waals surface area contributed by atoms with Crippen LogP contribution in [-0.4, -0.2) is 61.3 Å². The van der Waals surface area contributed by atoms with E-state index in [0.717, 1.165) is 24.6 Å². The van der Waals surface area contributed by atoms with E-state index in [1.54, 1.807) is 24.3 Å². The zero-order valence-corrected chi connectivity index (χ0v) is 24.4. The number of amides is 2. The number of carbonyl (C=O) groups is 2. The normalized spacial score (nSPS) is 22.5. The molecule has 3 fully saturated rings. The largest absolute Gasteiger partial charge is 0.484 e. The molecule has 5 rings (SSSR count). The van der Waals surface area contributed by atoms with E-state index in [0.29, 0.717) is 36.3 Å². The van der Waals surface area contributed by atoms with Crippen molar-refractivity contribution in [1.82, 2.24) is 10.2 Å². The van der Waals surface area contributed by atoms with Gasteiger partial charge in [0.05, 0.1) is 26.7 Å². The van der Waals surface area contributed by atoms with Crippen LogP contribution in [0.25, 0.3) is 0 Å². The first-order chi connectivity index (χ1) is 19.7. The highest BCUT2D eigenvalue weighted by atomic mass is 35.5. The van der Waals surface area contributed by atoms with Crippen LogP contribution in [0.2, 0.25) is 10.0 Å². The van der Waals surface area contributed by atoms with Crippen LogP contribution in [0, 0.1) is 11.3 Å². The predicted molar refractivity (Wildman–Crippen MR) is 147 cm³/mol. The summed E-state index contributed by atoms with van der Waals surface area (Å²) in [5.41, 5.74) is -1.28. The number of likely N-dealkylation sites (tertiary alicyclic amines) is 1. The van der Waals surface area contributed by atoms with Gasteiger partial charge in [-0.1, -0.05) is 41.8 Å². The van der Waals surface area contributed by atoms with Crippen molar-refractivity contribution in [2.75, 3.05) is 13.2 Å². The molecule has 2 amide bonds. The SMILES string of the molecule is N#CC1(NC(=O)[C@@H]2C[C@@H](S(=O)(=O)c3ccc(OCC(F)(F)F)cc3Cl)CN2C(=O)C2(c3ccc(Cl)cc3)CCC2)CC1. The Labute approximate surface area is 250 Å². The van der Waals surface area contributed by atoms with Crippen LogP contribution in [0.4, 0.5) is 13.2 Å². The number of alkyl halides is 3. The number of sulfone groups is 1. The Hall–Kier alpha value is -3.01. The summed E-state index contributed by atoms with van der Waals surface area (Å²) in [5, 5.41) is 11.1. The second-order valence-corrected chi connectivity index (χ2v) is 14.0. The maximum Gasteiger partial charge on any atom is 0.422 e. The van der Waals surface area contributed by atoms with Gasteiger partial charge in [-0.15, -0.1) is 0 Å². The molecular weight excluding hydrogens is 618 g/mol. The lowest BCUT2D eigenvalue weighted by atomic mass is 9.63. The summed E-state index contributed by atoms with van der Waals surface area (Å²) in [4.78, 5) is 28.6. The minimum absolute atomic E-state index is 0.249. The summed E-state index contributed by atoms with van der Waals surface area (Å²) in [5.74, 6) is -1.27. The van der Waals surface area contributed by atoms with E-state index in [-0.39, 0.29) is 28.6 Å². The first-order valence-corrected chi connectivity index (χ1v) is 15.5. The van der Waals surface area contributed by atoms with E-state index < -0.39 is 56.7 Å². The molecule has 0 aromatic heterocycles. The Bertz CT molecular complexity index is 1550. The minimum atomic E-state index is -4.60. The van der Waals surface area contributed by atoms with E-state index in [1.807, 2.05) is 0 Å². The maximum absolute atomic E-state index is 14.2. The molecule has 1 N–H and O–H groups in total. The van der Waals surface area contributed by atoms with E-state index in [1.165, 1.54) is 4.90 Å². The highest BCUT2D eigenvalue weighted by Gasteiger charge is 2.55. The Balaban J connectivity index is 1.45. The molecule has 0 spiro atoms. The lowest BCUT2D eigenvalue weighted by molar-refractivity contribution is -0.153. The molecule has 14 heteroatoms. The van der Waals surface area contributed by atoms with Gasteiger partial charge in [0.15, 0.2) is 16.4 Å². The van der Waals surface area contributed by atoms with E-state index in [4.69, 9.17) is 23.2 Å². The molecular formula is C28H26Cl2F3N3O5S. The lowest BCUT2D eigenvalue weighted by Gasteiger charge is -2.44. The molecule has 2 saturated carbocycles. The molecule has 224 valence electrons. The average molecular weight is 644 g/mol. The molecule has 0 radical (unpaired) electrons. The smallest absolute Gasteiger partial charge is 0.422 e. The van der Waals surface area contributed by atoms with Crippen LogP contribution in [0.1, 0.15) is 44.1 Å². The van der Waals surface area contributed by atoms with Crippen molar-refractivity contribution in [1.29, 1.82) is 5.26 Å². The summed E-state index contributed by atoms with van der Waals surface area (Å²) >= 11 is 12.3. The van der Waals surface area contributed by atoms with Gasteiger partial charge in [0.1, 0.15) is 17.3 Å². The number of nitrogens with zero attached hydrogens (tertiary/aromatic N) is 2. The number of ether oxygens (including phenoxy) is 1. The Morgan fingerprint density at radius 1 is 1.10 bits per heavy atom.